The summed E-state index contributed by atoms with van der Waals surface area (Å²) in [7, 11) is 0. The van der Waals surface area contributed by atoms with Gasteiger partial charge >= 0.3 is 6.18 Å². The van der Waals surface area contributed by atoms with E-state index in [-0.39, 0.29) is 24.0 Å². The standard InChI is InChI=1S/C21H32F3N5O.HI/c1-3-25-20(29-10-8-27(9-11-29)17(2)21(22,23)24)26-16-18-4-6-19(7-5-18)28-12-14-30-15-13-28;/h4-7,17H,3,8-16H2,1-2H3,(H,25,26);1H. The molecule has 2 aliphatic heterocycles. The molecule has 2 aliphatic rings. The quantitative estimate of drug-likeness (QED) is 0.344. The van der Waals surface area contributed by atoms with Gasteiger partial charge in [0.2, 0.25) is 0 Å². The van der Waals surface area contributed by atoms with Crippen molar-refractivity contribution in [2.75, 3.05) is 63.9 Å². The molecule has 2 heterocycles. The third kappa shape index (κ3) is 7.38. The molecule has 0 aromatic heterocycles. The van der Waals surface area contributed by atoms with Gasteiger partial charge in [0.15, 0.2) is 5.96 Å². The molecule has 1 atom stereocenters. The van der Waals surface area contributed by atoms with E-state index < -0.39 is 12.2 Å². The van der Waals surface area contributed by atoms with Crippen LogP contribution in [0.1, 0.15) is 19.4 Å². The number of halogens is 4. The van der Waals surface area contributed by atoms with Gasteiger partial charge in [-0.05, 0) is 31.5 Å². The van der Waals surface area contributed by atoms with Gasteiger partial charge in [-0.2, -0.15) is 13.2 Å². The molecular weight excluding hydrogens is 522 g/mol. The first kappa shape index (κ1) is 26.0. The van der Waals surface area contributed by atoms with Crippen LogP contribution in [-0.4, -0.2) is 87.0 Å². The summed E-state index contributed by atoms with van der Waals surface area (Å²) in [5.74, 6) is 0.758. The van der Waals surface area contributed by atoms with Crippen LogP contribution in [0.3, 0.4) is 0 Å². The average Bonchev–Trinajstić information content (AvgIpc) is 2.76. The molecule has 1 unspecified atom stereocenters. The monoisotopic (exact) mass is 555 g/mol. The lowest BCUT2D eigenvalue weighted by Crippen LogP contribution is -2.56. The molecular formula is C21H33F3IN5O. The Bertz CT molecular complexity index is 687. The van der Waals surface area contributed by atoms with Crippen molar-refractivity contribution in [1.82, 2.24) is 15.1 Å². The van der Waals surface area contributed by atoms with Crippen molar-refractivity contribution in [3.05, 3.63) is 29.8 Å². The molecule has 2 saturated heterocycles. The van der Waals surface area contributed by atoms with Crippen LogP contribution in [0.15, 0.2) is 29.3 Å². The zero-order valence-corrected chi connectivity index (χ0v) is 20.5. The van der Waals surface area contributed by atoms with Crippen molar-refractivity contribution < 1.29 is 17.9 Å². The summed E-state index contributed by atoms with van der Waals surface area (Å²) in [5.41, 5.74) is 2.29. The minimum absolute atomic E-state index is 0. The fraction of sp³-hybridized carbons (Fsp3) is 0.667. The highest BCUT2D eigenvalue weighted by Crippen LogP contribution is 2.25. The van der Waals surface area contributed by atoms with Crippen molar-refractivity contribution in [3.8, 4) is 0 Å². The van der Waals surface area contributed by atoms with E-state index in [4.69, 9.17) is 9.73 Å². The number of aliphatic imine (C=N–C) groups is 1. The molecule has 1 aromatic carbocycles. The molecule has 0 saturated carbocycles. The maximum Gasteiger partial charge on any atom is 0.403 e. The SMILES string of the molecule is CCNC(=NCc1ccc(N2CCOCC2)cc1)N1CCN(C(C)C(F)(F)F)CC1.I. The average molecular weight is 555 g/mol. The highest BCUT2D eigenvalue weighted by Gasteiger charge is 2.41. The maximum atomic E-state index is 13.0. The van der Waals surface area contributed by atoms with Gasteiger partial charge in [0.1, 0.15) is 6.04 Å². The van der Waals surface area contributed by atoms with E-state index >= 15 is 0 Å². The van der Waals surface area contributed by atoms with Crippen molar-refractivity contribution in [1.29, 1.82) is 0 Å². The highest BCUT2D eigenvalue weighted by molar-refractivity contribution is 14.0. The lowest BCUT2D eigenvalue weighted by atomic mass is 10.2. The van der Waals surface area contributed by atoms with Crippen LogP contribution in [-0.2, 0) is 11.3 Å². The van der Waals surface area contributed by atoms with E-state index in [1.165, 1.54) is 17.5 Å². The zero-order chi connectivity index (χ0) is 21.6. The Balaban J connectivity index is 0.00000341. The normalized spacial score (nSPS) is 19.7. The molecule has 1 aromatic rings. The van der Waals surface area contributed by atoms with Gasteiger partial charge in [0.05, 0.1) is 19.8 Å². The van der Waals surface area contributed by atoms with Gasteiger partial charge in [-0.15, -0.1) is 24.0 Å². The Kier molecular flexibility index (Phi) is 10.1. The molecule has 0 aliphatic carbocycles. The summed E-state index contributed by atoms with van der Waals surface area (Å²) in [5, 5.41) is 3.27. The summed E-state index contributed by atoms with van der Waals surface area (Å²) in [4.78, 5) is 10.6. The largest absolute Gasteiger partial charge is 0.403 e. The topological polar surface area (TPSA) is 43.3 Å². The van der Waals surface area contributed by atoms with Crippen LogP contribution in [0, 0.1) is 0 Å². The number of benzene rings is 1. The van der Waals surface area contributed by atoms with E-state index in [0.29, 0.717) is 39.3 Å². The minimum Gasteiger partial charge on any atom is -0.378 e. The number of ether oxygens (including phenoxy) is 1. The first-order valence-electron chi connectivity index (χ1n) is 10.6. The summed E-state index contributed by atoms with van der Waals surface area (Å²) in [6.07, 6.45) is -4.19. The first-order chi connectivity index (χ1) is 14.4. The second kappa shape index (κ2) is 12.1. The van der Waals surface area contributed by atoms with Crippen LogP contribution in [0.4, 0.5) is 18.9 Å². The van der Waals surface area contributed by atoms with Gasteiger partial charge in [0, 0.05) is 51.5 Å². The molecule has 1 N–H and O–H groups in total. The maximum absolute atomic E-state index is 13.0. The molecule has 3 rings (SSSR count). The highest BCUT2D eigenvalue weighted by atomic mass is 127. The fourth-order valence-electron chi connectivity index (χ4n) is 3.75. The molecule has 0 radical (unpaired) electrons. The van der Waals surface area contributed by atoms with Crippen LogP contribution in [0.5, 0.6) is 0 Å². The second-order valence-corrected chi connectivity index (χ2v) is 7.68. The van der Waals surface area contributed by atoms with Crippen molar-refractivity contribution >= 4 is 35.6 Å². The molecule has 176 valence electrons. The third-order valence-corrected chi connectivity index (χ3v) is 5.69. The van der Waals surface area contributed by atoms with Gasteiger partial charge in [0.25, 0.3) is 0 Å². The number of nitrogens with one attached hydrogen (secondary N) is 1. The Hall–Kier alpha value is -1.27. The van der Waals surface area contributed by atoms with Crippen LogP contribution < -0.4 is 10.2 Å². The third-order valence-electron chi connectivity index (χ3n) is 5.69. The predicted octanol–water partition coefficient (Wildman–Crippen LogP) is 3.18. The molecule has 2 fully saturated rings. The van der Waals surface area contributed by atoms with Crippen molar-refractivity contribution in [2.24, 2.45) is 4.99 Å². The van der Waals surface area contributed by atoms with Gasteiger partial charge in [-0.3, -0.25) is 4.90 Å². The van der Waals surface area contributed by atoms with Crippen molar-refractivity contribution in [2.45, 2.75) is 32.6 Å². The summed E-state index contributed by atoms with van der Waals surface area (Å²) in [6, 6.07) is 6.98. The number of piperazine rings is 1. The van der Waals surface area contributed by atoms with Crippen LogP contribution >= 0.6 is 24.0 Å². The van der Waals surface area contributed by atoms with E-state index in [0.717, 1.165) is 37.8 Å². The molecule has 31 heavy (non-hydrogen) atoms. The number of guanidine groups is 1. The molecule has 0 bridgehead atoms. The number of anilines is 1. The Morgan fingerprint density at radius 1 is 1.06 bits per heavy atom. The van der Waals surface area contributed by atoms with Crippen LogP contribution in [0.25, 0.3) is 0 Å². The lowest BCUT2D eigenvalue weighted by Gasteiger charge is -2.39. The summed E-state index contributed by atoms with van der Waals surface area (Å²) in [6.45, 7) is 9.61. The number of rotatable bonds is 5. The van der Waals surface area contributed by atoms with Crippen molar-refractivity contribution in [3.63, 3.8) is 0 Å². The number of morpholine rings is 1. The fourth-order valence-corrected chi connectivity index (χ4v) is 3.75. The molecule has 0 amide bonds. The smallest absolute Gasteiger partial charge is 0.378 e. The van der Waals surface area contributed by atoms with Crippen LogP contribution in [0.2, 0.25) is 0 Å². The first-order valence-corrected chi connectivity index (χ1v) is 10.6. The molecule has 10 heteroatoms. The predicted molar refractivity (Wildman–Crippen MR) is 128 cm³/mol. The minimum atomic E-state index is -4.19. The number of alkyl halides is 3. The lowest BCUT2D eigenvalue weighted by molar-refractivity contribution is -0.181. The second-order valence-electron chi connectivity index (χ2n) is 7.68. The number of hydrogen-bond donors (Lipinski definition) is 1. The summed E-state index contributed by atoms with van der Waals surface area (Å²) >= 11 is 0. The molecule has 0 spiro atoms. The number of hydrogen-bond acceptors (Lipinski definition) is 4. The van der Waals surface area contributed by atoms with E-state index in [1.807, 2.05) is 11.8 Å². The van der Waals surface area contributed by atoms with E-state index in [1.54, 1.807) is 0 Å². The van der Waals surface area contributed by atoms with Gasteiger partial charge in [-0.25, -0.2) is 4.99 Å². The Morgan fingerprint density at radius 3 is 2.23 bits per heavy atom. The zero-order valence-electron chi connectivity index (χ0n) is 18.2. The summed E-state index contributed by atoms with van der Waals surface area (Å²) < 4.78 is 44.3. The van der Waals surface area contributed by atoms with E-state index in [9.17, 15) is 13.2 Å². The molecule has 6 nitrogen and oxygen atoms in total. The Labute approximate surface area is 199 Å². The van der Waals surface area contributed by atoms with Gasteiger partial charge in [-0.1, -0.05) is 12.1 Å². The van der Waals surface area contributed by atoms with Gasteiger partial charge < -0.3 is 19.9 Å². The van der Waals surface area contributed by atoms with E-state index in [2.05, 4.69) is 34.5 Å². The number of nitrogens with zero attached hydrogens (tertiary/aromatic N) is 4. The Morgan fingerprint density at radius 2 is 1.68 bits per heavy atom.